The fourth-order valence-corrected chi connectivity index (χ4v) is 4.39. The fourth-order valence-electron chi connectivity index (χ4n) is 4.39. The van der Waals surface area contributed by atoms with Crippen LogP contribution in [0.1, 0.15) is 50.5 Å². The Balaban J connectivity index is 1.54. The minimum Gasteiger partial charge on any atom is -0.335 e. The van der Waals surface area contributed by atoms with Crippen LogP contribution in [0.15, 0.2) is 30.3 Å². The molecular weight excluding hydrogens is 340 g/mol. The first-order valence-corrected chi connectivity index (χ1v) is 10.2. The van der Waals surface area contributed by atoms with E-state index in [1.165, 1.54) is 12.0 Å². The number of hydrogen-bond donors (Lipinski definition) is 3. The summed E-state index contributed by atoms with van der Waals surface area (Å²) in [5, 5.41) is 5.47. The summed E-state index contributed by atoms with van der Waals surface area (Å²) in [6, 6.07) is 9.80. The van der Waals surface area contributed by atoms with Gasteiger partial charge in [-0.25, -0.2) is 4.79 Å². The largest absolute Gasteiger partial charge is 0.335 e. The summed E-state index contributed by atoms with van der Waals surface area (Å²) in [5.41, 5.74) is 7.26. The summed E-state index contributed by atoms with van der Waals surface area (Å²) in [6.45, 7) is 4.01. The van der Waals surface area contributed by atoms with Crippen LogP contribution in [0.5, 0.6) is 0 Å². The van der Waals surface area contributed by atoms with Crippen LogP contribution in [0.4, 0.5) is 4.79 Å². The summed E-state index contributed by atoms with van der Waals surface area (Å²) in [4.78, 5) is 26.9. The van der Waals surface area contributed by atoms with E-state index in [0.717, 1.165) is 38.8 Å². The third-order valence-corrected chi connectivity index (χ3v) is 6.10. The number of nitrogens with two attached hydrogens (primary N) is 1. The number of hydrogen-bond acceptors (Lipinski definition) is 4. The number of nitrogens with zero attached hydrogens (tertiary/aromatic N) is 1. The predicted molar refractivity (Wildman–Crippen MR) is 106 cm³/mol. The molecule has 2 aliphatic rings. The molecule has 6 nitrogen and oxygen atoms in total. The van der Waals surface area contributed by atoms with Crippen molar-refractivity contribution in [1.82, 2.24) is 15.5 Å². The monoisotopic (exact) mass is 372 g/mol. The molecule has 3 rings (SSSR count). The Morgan fingerprint density at radius 2 is 1.85 bits per heavy atom. The molecular formula is C21H32N4O2. The molecule has 1 heterocycles. The number of urea groups is 1. The highest BCUT2D eigenvalue weighted by Gasteiger charge is 2.37. The maximum Gasteiger partial charge on any atom is 0.321 e. The number of amides is 3. The maximum absolute atomic E-state index is 12.6. The van der Waals surface area contributed by atoms with Gasteiger partial charge < -0.3 is 11.1 Å². The standard InChI is InChI=1S/C21H32N4O2/c1-15(20(26)24-21(27)23-18-10-6-3-7-11-18)25-13-17(12-22)19(14-25)16-8-4-2-5-9-16/h2,4-5,8-9,15,17-19H,3,6-7,10-14,22H2,1H3,(H2,23,24,26,27)/t15?,17-,19+/m1/s1. The Hall–Kier alpha value is -1.92. The van der Waals surface area contributed by atoms with Crippen molar-refractivity contribution < 1.29 is 9.59 Å². The number of carbonyl (C=O) groups excluding carboxylic acids is 2. The molecule has 27 heavy (non-hydrogen) atoms. The molecule has 1 saturated carbocycles. The van der Waals surface area contributed by atoms with Crippen molar-refractivity contribution in [3.63, 3.8) is 0 Å². The maximum atomic E-state index is 12.6. The summed E-state index contributed by atoms with van der Waals surface area (Å²) < 4.78 is 0. The zero-order valence-electron chi connectivity index (χ0n) is 16.2. The van der Waals surface area contributed by atoms with Crippen molar-refractivity contribution in [2.75, 3.05) is 19.6 Å². The zero-order chi connectivity index (χ0) is 19.2. The van der Waals surface area contributed by atoms with Gasteiger partial charge in [0, 0.05) is 25.0 Å². The Labute approximate surface area is 161 Å². The van der Waals surface area contributed by atoms with Crippen LogP contribution >= 0.6 is 0 Å². The van der Waals surface area contributed by atoms with Crippen molar-refractivity contribution >= 4 is 11.9 Å². The highest BCUT2D eigenvalue weighted by atomic mass is 16.2. The lowest BCUT2D eigenvalue weighted by atomic mass is 9.89. The molecule has 1 aliphatic heterocycles. The summed E-state index contributed by atoms with van der Waals surface area (Å²) in [6.07, 6.45) is 5.52. The fraction of sp³-hybridized carbons (Fsp3) is 0.619. The number of benzene rings is 1. The van der Waals surface area contributed by atoms with Gasteiger partial charge in [-0.1, -0.05) is 49.6 Å². The molecule has 1 aromatic carbocycles. The summed E-state index contributed by atoms with van der Waals surface area (Å²) >= 11 is 0. The molecule has 1 saturated heterocycles. The topological polar surface area (TPSA) is 87.5 Å². The van der Waals surface area contributed by atoms with Gasteiger partial charge >= 0.3 is 6.03 Å². The van der Waals surface area contributed by atoms with E-state index in [2.05, 4.69) is 27.7 Å². The smallest absolute Gasteiger partial charge is 0.321 e. The van der Waals surface area contributed by atoms with Crippen molar-refractivity contribution in [1.29, 1.82) is 0 Å². The van der Waals surface area contributed by atoms with Crippen molar-refractivity contribution in [2.45, 2.75) is 57.0 Å². The first-order valence-electron chi connectivity index (χ1n) is 10.2. The number of likely N-dealkylation sites (tertiary alicyclic amines) is 1. The first-order chi connectivity index (χ1) is 13.1. The Bertz CT molecular complexity index is 630. The van der Waals surface area contributed by atoms with Crippen molar-refractivity contribution in [3.8, 4) is 0 Å². The number of imide groups is 1. The molecule has 6 heteroatoms. The van der Waals surface area contributed by atoms with Crippen molar-refractivity contribution in [2.24, 2.45) is 11.7 Å². The lowest BCUT2D eigenvalue weighted by Crippen LogP contribution is -2.51. The van der Waals surface area contributed by atoms with Crippen LogP contribution in [0, 0.1) is 5.92 Å². The molecule has 3 amide bonds. The van der Waals surface area contributed by atoms with E-state index in [-0.39, 0.29) is 24.0 Å². The first kappa shape index (κ1) is 19.8. The Morgan fingerprint density at radius 3 is 2.52 bits per heavy atom. The quantitative estimate of drug-likeness (QED) is 0.739. The average molecular weight is 373 g/mol. The average Bonchev–Trinajstić information content (AvgIpc) is 3.13. The van der Waals surface area contributed by atoms with Gasteiger partial charge in [0.2, 0.25) is 5.91 Å². The minimum absolute atomic E-state index is 0.192. The third-order valence-electron chi connectivity index (χ3n) is 6.10. The normalized spacial score (nSPS) is 25.1. The molecule has 1 unspecified atom stereocenters. The Morgan fingerprint density at radius 1 is 1.15 bits per heavy atom. The summed E-state index contributed by atoms with van der Waals surface area (Å²) in [5.74, 6) is 0.397. The summed E-state index contributed by atoms with van der Waals surface area (Å²) in [7, 11) is 0. The highest BCUT2D eigenvalue weighted by molar-refractivity contribution is 5.96. The second-order valence-electron chi connectivity index (χ2n) is 7.94. The Kier molecular flexibility index (Phi) is 6.85. The van der Waals surface area contributed by atoms with Gasteiger partial charge in [0.15, 0.2) is 0 Å². The van der Waals surface area contributed by atoms with Gasteiger partial charge in [0.25, 0.3) is 0 Å². The molecule has 1 aliphatic carbocycles. The molecule has 4 N–H and O–H groups in total. The second-order valence-corrected chi connectivity index (χ2v) is 7.94. The van der Waals surface area contributed by atoms with Crippen LogP contribution in [0.3, 0.4) is 0 Å². The molecule has 0 aromatic heterocycles. The van der Waals surface area contributed by atoms with Gasteiger partial charge in [-0.2, -0.15) is 0 Å². The number of rotatable bonds is 5. The van der Waals surface area contributed by atoms with E-state index in [0.29, 0.717) is 18.4 Å². The molecule has 148 valence electrons. The van der Waals surface area contributed by atoms with E-state index in [1.54, 1.807) is 0 Å². The molecule has 1 aromatic rings. The van der Waals surface area contributed by atoms with Gasteiger partial charge in [-0.05, 0) is 37.8 Å². The molecule has 0 bridgehead atoms. The van der Waals surface area contributed by atoms with Crippen LogP contribution < -0.4 is 16.4 Å². The van der Waals surface area contributed by atoms with Crippen LogP contribution in [0.2, 0.25) is 0 Å². The van der Waals surface area contributed by atoms with Gasteiger partial charge in [-0.3, -0.25) is 15.0 Å². The van der Waals surface area contributed by atoms with Crippen LogP contribution in [-0.2, 0) is 4.79 Å². The van der Waals surface area contributed by atoms with E-state index in [4.69, 9.17) is 5.73 Å². The SMILES string of the molecule is CC(C(=O)NC(=O)NC1CCCCC1)N1C[C@@H](CN)[C@H](c2ccccc2)C1. The van der Waals surface area contributed by atoms with Gasteiger partial charge in [0.05, 0.1) is 6.04 Å². The molecule has 0 spiro atoms. The van der Waals surface area contributed by atoms with Gasteiger partial charge in [-0.15, -0.1) is 0 Å². The third kappa shape index (κ3) is 5.08. The van der Waals surface area contributed by atoms with Gasteiger partial charge in [0.1, 0.15) is 0 Å². The number of nitrogens with one attached hydrogen (secondary N) is 2. The lowest BCUT2D eigenvalue weighted by molar-refractivity contribution is -0.124. The van der Waals surface area contributed by atoms with E-state index in [1.807, 2.05) is 25.1 Å². The van der Waals surface area contributed by atoms with Crippen LogP contribution in [-0.4, -0.2) is 48.6 Å². The molecule has 3 atom stereocenters. The second kappa shape index (κ2) is 9.33. The zero-order valence-corrected chi connectivity index (χ0v) is 16.2. The number of carbonyl (C=O) groups is 2. The predicted octanol–water partition coefficient (Wildman–Crippen LogP) is 2.21. The minimum atomic E-state index is -0.368. The van der Waals surface area contributed by atoms with Crippen LogP contribution in [0.25, 0.3) is 0 Å². The van der Waals surface area contributed by atoms with Crippen molar-refractivity contribution in [3.05, 3.63) is 35.9 Å². The molecule has 0 radical (unpaired) electrons. The van der Waals surface area contributed by atoms with E-state index in [9.17, 15) is 9.59 Å². The molecule has 2 fully saturated rings. The van der Waals surface area contributed by atoms with E-state index < -0.39 is 0 Å². The highest BCUT2D eigenvalue weighted by Crippen LogP contribution is 2.33. The lowest BCUT2D eigenvalue weighted by Gasteiger charge is -2.25. The van der Waals surface area contributed by atoms with E-state index >= 15 is 0 Å².